The van der Waals surface area contributed by atoms with E-state index in [1.807, 2.05) is 6.92 Å². The minimum absolute atomic E-state index is 0.0419. The fraction of sp³-hybridized carbons (Fsp3) is 0.471. The summed E-state index contributed by atoms with van der Waals surface area (Å²) >= 11 is 0. The van der Waals surface area contributed by atoms with Gasteiger partial charge in [-0.05, 0) is 25.5 Å². The molecule has 0 saturated carbocycles. The Morgan fingerprint density at radius 2 is 2.12 bits per heavy atom. The van der Waals surface area contributed by atoms with Gasteiger partial charge in [-0.15, -0.1) is 0 Å². The summed E-state index contributed by atoms with van der Waals surface area (Å²) in [6.45, 7) is 2.31. The summed E-state index contributed by atoms with van der Waals surface area (Å²) < 4.78 is 28.8. The van der Waals surface area contributed by atoms with Crippen LogP contribution in [0.5, 0.6) is 5.75 Å². The number of hydrogen-bond acceptors (Lipinski definition) is 6. The van der Waals surface area contributed by atoms with Gasteiger partial charge in [-0.2, -0.15) is 5.10 Å². The number of anilines is 1. The fourth-order valence-electron chi connectivity index (χ4n) is 3.03. The van der Waals surface area contributed by atoms with Crippen molar-refractivity contribution in [2.45, 2.75) is 32.2 Å². The van der Waals surface area contributed by atoms with Crippen LogP contribution in [0.2, 0.25) is 0 Å². The molecule has 3 rings (SSSR count). The van der Waals surface area contributed by atoms with Crippen molar-refractivity contribution in [1.29, 1.82) is 0 Å². The Labute approximate surface area is 152 Å². The number of carbonyl (C=O) groups excluding carboxylic acids is 2. The molecule has 1 aromatic rings. The van der Waals surface area contributed by atoms with Gasteiger partial charge in [0.1, 0.15) is 11.5 Å². The Balaban J connectivity index is 1.77. The summed E-state index contributed by atoms with van der Waals surface area (Å²) in [5.74, 6) is -0.187. The number of carbonyl (C=O) groups is 2. The van der Waals surface area contributed by atoms with Crippen LogP contribution in [0.1, 0.15) is 26.2 Å². The van der Waals surface area contributed by atoms with E-state index in [0.29, 0.717) is 24.5 Å². The quantitative estimate of drug-likeness (QED) is 0.827. The maximum Gasteiger partial charge on any atom is 0.271 e. The highest BCUT2D eigenvalue weighted by molar-refractivity contribution is 7.91. The molecule has 0 aliphatic carbocycles. The van der Waals surface area contributed by atoms with E-state index >= 15 is 0 Å². The summed E-state index contributed by atoms with van der Waals surface area (Å²) in [6, 6.07) is 6.56. The number of hydrogen-bond donors (Lipinski definition) is 1. The van der Waals surface area contributed by atoms with Crippen molar-refractivity contribution in [3.63, 3.8) is 0 Å². The van der Waals surface area contributed by atoms with E-state index < -0.39 is 21.8 Å². The number of para-hydroxylation sites is 2. The van der Waals surface area contributed by atoms with Crippen molar-refractivity contribution < 1.29 is 22.7 Å². The van der Waals surface area contributed by atoms with Crippen LogP contribution < -0.4 is 10.1 Å². The lowest BCUT2D eigenvalue weighted by molar-refractivity contribution is -0.133. The lowest BCUT2D eigenvalue weighted by Crippen LogP contribution is -2.42. The molecule has 8 nitrogen and oxygen atoms in total. The number of rotatable bonds is 5. The molecule has 1 atom stereocenters. The maximum atomic E-state index is 12.6. The average Bonchev–Trinajstić information content (AvgIpc) is 2.97. The summed E-state index contributed by atoms with van der Waals surface area (Å²) in [5.41, 5.74) is 0.731. The van der Waals surface area contributed by atoms with Gasteiger partial charge < -0.3 is 10.1 Å². The van der Waals surface area contributed by atoms with Gasteiger partial charge in [0, 0.05) is 12.8 Å². The molecular weight excluding hydrogens is 358 g/mol. The second-order valence-electron chi connectivity index (χ2n) is 6.23. The van der Waals surface area contributed by atoms with E-state index in [1.54, 1.807) is 24.3 Å². The van der Waals surface area contributed by atoms with Crippen LogP contribution >= 0.6 is 0 Å². The fourth-order valence-corrected chi connectivity index (χ4v) is 4.73. The van der Waals surface area contributed by atoms with Crippen LogP contribution in [0.15, 0.2) is 29.4 Å². The molecular formula is C17H21N3O5S. The molecule has 0 bridgehead atoms. The molecule has 1 fully saturated rings. The van der Waals surface area contributed by atoms with E-state index in [1.165, 1.54) is 5.01 Å². The standard InChI is InChI=1S/C17H21N3O5S/c1-2-25-15-6-4-3-5-13(15)18-17(22)14-7-8-16(21)20(19-14)12-9-10-26(23,24)11-12/h3-6,12H,2,7-11H2,1H3,(H,18,22)/t12-/m1/s1. The summed E-state index contributed by atoms with van der Waals surface area (Å²) in [5, 5.41) is 8.10. The van der Waals surface area contributed by atoms with Crippen molar-refractivity contribution in [3.8, 4) is 5.75 Å². The minimum Gasteiger partial charge on any atom is -0.492 e. The van der Waals surface area contributed by atoms with Crippen molar-refractivity contribution in [3.05, 3.63) is 24.3 Å². The number of hydrazone groups is 1. The van der Waals surface area contributed by atoms with Crippen molar-refractivity contribution in [2.24, 2.45) is 5.10 Å². The summed E-state index contributed by atoms with van der Waals surface area (Å²) in [7, 11) is -3.15. The molecule has 2 aliphatic rings. The van der Waals surface area contributed by atoms with Gasteiger partial charge in [0.25, 0.3) is 5.91 Å². The molecule has 2 heterocycles. The molecule has 0 unspecified atom stereocenters. The van der Waals surface area contributed by atoms with Crippen LogP contribution in [0, 0.1) is 0 Å². The van der Waals surface area contributed by atoms with Crippen molar-refractivity contribution in [1.82, 2.24) is 5.01 Å². The first-order valence-corrected chi connectivity index (χ1v) is 10.3. The van der Waals surface area contributed by atoms with Crippen LogP contribution in [0.4, 0.5) is 5.69 Å². The van der Waals surface area contributed by atoms with Crippen LogP contribution in [-0.2, 0) is 19.4 Å². The van der Waals surface area contributed by atoms with Gasteiger partial charge >= 0.3 is 0 Å². The topological polar surface area (TPSA) is 105 Å². The first-order chi connectivity index (χ1) is 12.4. The Kier molecular flexibility index (Phi) is 5.26. The third-order valence-electron chi connectivity index (χ3n) is 4.31. The second kappa shape index (κ2) is 7.45. The predicted octanol–water partition coefficient (Wildman–Crippen LogP) is 1.19. The number of nitrogens with one attached hydrogen (secondary N) is 1. The summed E-state index contributed by atoms with van der Waals surface area (Å²) in [4.78, 5) is 24.7. The monoisotopic (exact) mass is 379 g/mol. The van der Waals surface area contributed by atoms with Gasteiger partial charge in [-0.25, -0.2) is 13.4 Å². The SMILES string of the molecule is CCOc1ccccc1NC(=O)C1=NN([C@@H]2CCS(=O)(=O)C2)C(=O)CC1. The molecule has 1 N–H and O–H groups in total. The van der Waals surface area contributed by atoms with E-state index in [4.69, 9.17) is 4.74 Å². The Morgan fingerprint density at radius 1 is 1.35 bits per heavy atom. The summed E-state index contributed by atoms with van der Waals surface area (Å²) in [6.07, 6.45) is 0.701. The number of nitrogens with zero attached hydrogens (tertiary/aromatic N) is 2. The second-order valence-corrected chi connectivity index (χ2v) is 8.45. The zero-order chi connectivity index (χ0) is 18.7. The maximum absolute atomic E-state index is 12.6. The molecule has 26 heavy (non-hydrogen) atoms. The zero-order valence-corrected chi connectivity index (χ0v) is 15.3. The van der Waals surface area contributed by atoms with Crippen LogP contribution in [0.3, 0.4) is 0 Å². The molecule has 2 amide bonds. The Bertz CT molecular complexity index is 850. The van der Waals surface area contributed by atoms with Crippen molar-refractivity contribution >= 4 is 33.1 Å². The molecule has 1 saturated heterocycles. The largest absolute Gasteiger partial charge is 0.492 e. The first-order valence-electron chi connectivity index (χ1n) is 8.53. The smallest absolute Gasteiger partial charge is 0.271 e. The number of sulfone groups is 1. The molecule has 1 aromatic carbocycles. The van der Waals surface area contributed by atoms with E-state index in [0.717, 1.165) is 0 Å². The van der Waals surface area contributed by atoms with E-state index in [-0.39, 0.29) is 36.0 Å². The lowest BCUT2D eigenvalue weighted by Gasteiger charge is -2.27. The van der Waals surface area contributed by atoms with Gasteiger partial charge in [-0.3, -0.25) is 9.59 Å². The van der Waals surface area contributed by atoms with Crippen LogP contribution in [-0.4, -0.2) is 55.1 Å². The number of ether oxygens (including phenoxy) is 1. The minimum atomic E-state index is -3.15. The predicted molar refractivity (Wildman–Crippen MR) is 96.8 cm³/mol. The average molecular weight is 379 g/mol. The Hall–Kier alpha value is -2.42. The van der Waals surface area contributed by atoms with Gasteiger partial charge in [0.2, 0.25) is 5.91 Å². The lowest BCUT2D eigenvalue weighted by atomic mass is 10.1. The van der Waals surface area contributed by atoms with Gasteiger partial charge in [0.05, 0.1) is 29.8 Å². The van der Waals surface area contributed by atoms with E-state index in [2.05, 4.69) is 10.4 Å². The van der Waals surface area contributed by atoms with Gasteiger partial charge in [-0.1, -0.05) is 12.1 Å². The normalized spacial score (nSPS) is 22.0. The highest BCUT2D eigenvalue weighted by atomic mass is 32.2. The molecule has 2 aliphatic heterocycles. The Morgan fingerprint density at radius 3 is 2.81 bits per heavy atom. The molecule has 0 aromatic heterocycles. The highest BCUT2D eigenvalue weighted by Gasteiger charge is 2.37. The number of benzene rings is 1. The van der Waals surface area contributed by atoms with E-state index in [9.17, 15) is 18.0 Å². The number of amides is 2. The molecule has 0 radical (unpaired) electrons. The van der Waals surface area contributed by atoms with Crippen molar-refractivity contribution in [2.75, 3.05) is 23.4 Å². The third-order valence-corrected chi connectivity index (χ3v) is 6.06. The zero-order valence-electron chi connectivity index (χ0n) is 14.5. The highest BCUT2D eigenvalue weighted by Crippen LogP contribution is 2.25. The van der Waals surface area contributed by atoms with Gasteiger partial charge in [0.15, 0.2) is 9.84 Å². The molecule has 140 valence electrons. The van der Waals surface area contributed by atoms with Crippen LogP contribution in [0.25, 0.3) is 0 Å². The molecule has 9 heteroatoms. The molecule has 0 spiro atoms. The first kappa shape index (κ1) is 18.4. The third kappa shape index (κ3) is 4.04.